The van der Waals surface area contributed by atoms with E-state index >= 15 is 0 Å². The molecule has 0 aromatic heterocycles. The van der Waals surface area contributed by atoms with Crippen LogP contribution >= 0.6 is 0 Å². The highest BCUT2D eigenvalue weighted by Crippen LogP contribution is 2.24. The predicted molar refractivity (Wildman–Crippen MR) is 74.4 cm³/mol. The van der Waals surface area contributed by atoms with E-state index in [1.54, 1.807) is 0 Å². The quantitative estimate of drug-likeness (QED) is 0.586. The summed E-state index contributed by atoms with van der Waals surface area (Å²) in [7, 11) is 0. The Kier molecular flexibility index (Phi) is 7.87. The van der Waals surface area contributed by atoms with E-state index in [1.165, 1.54) is 51.4 Å². The summed E-state index contributed by atoms with van der Waals surface area (Å²) in [6.07, 6.45) is 11.3. The molecule has 0 aromatic carbocycles. The second-order valence-electron chi connectivity index (χ2n) is 5.52. The maximum absolute atomic E-state index is 5.58. The van der Waals surface area contributed by atoms with Gasteiger partial charge >= 0.3 is 0 Å². The van der Waals surface area contributed by atoms with Gasteiger partial charge in [-0.2, -0.15) is 0 Å². The average Bonchev–Trinajstić information content (AvgIpc) is 2.26. The predicted octanol–water partition coefficient (Wildman–Crippen LogP) is 3.89. The van der Waals surface area contributed by atoms with E-state index in [0.29, 0.717) is 12.1 Å². The highest BCUT2D eigenvalue weighted by Gasteiger charge is 2.29. The molecule has 0 heterocycles. The molecule has 0 spiro atoms. The van der Waals surface area contributed by atoms with Crippen LogP contribution < -0.4 is 5.32 Å². The normalized spacial score (nSPS) is 25.6. The summed E-state index contributed by atoms with van der Waals surface area (Å²) in [5.41, 5.74) is 0. The van der Waals surface area contributed by atoms with Crippen LogP contribution in [-0.4, -0.2) is 24.8 Å². The van der Waals surface area contributed by atoms with E-state index in [1.807, 2.05) is 0 Å². The van der Waals surface area contributed by atoms with Gasteiger partial charge in [-0.05, 0) is 33.1 Å². The van der Waals surface area contributed by atoms with Crippen LogP contribution in [0.15, 0.2) is 0 Å². The van der Waals surface area contributed by atoms with Crippen LogP contribution in [0.5, 0.6) is 0 Å². The Bertz CT molecular complexity index is 178. The fourth-order valence-corrected chi connectivity index (χ4v) is 2.61. The summed E-state index contributed by atoms with van der Waals surface area (Å²) in [6, 6.07) is 1.40. The Labute approximate surface area is 108 Å². The van der Waals surface area contributed by atoms with Gasteiger partial charge in [0.2, 0.25) is 0 Å². The molecule has 0 bridgehead atoms. The number of hydrogen-bond acceptors (Lipinski definition) is 2. The molecule has 2 nitrogen and oxygen atoms in total. The molecule has 102 valence electrons. The molecule has 1 fully saturated rings. The Morgan fingerprint density at radius 1 is 1.12 bits per heavy atom. The van der Waals surface area contributed by atoms with Crippen LogP contribution in [0.2, 0.25) is 0 Å². The van der Waals surface area contributed by atoms with E-state index in [-0.39, 0.29) is 0 Å². The molecular weight excluding hydrogens is 210 g/mol. The van der Waals surface area contributed by atoms with Gasteiger partial charge < -0.3 is 10.1 Å². The molecule has 1 aliphatic carbocycles. The third-order valence-electron chi connectivity index (χ3n) is 3.76. The second-order valence-corrected chi connectivity index (χ2v) is 5.52. The lowest BCUT2D eigenvalue weighted by Gasteiger charge is -2.37. The lowest BCUT2D eigenvalue weighted by atomic mass is 9.88. The van der Waals surface area contributed by atoms with Gasteiger partial charge in [0.05, 0.1) is 6.10 Å². The van der Waals surface area contributed by atoms with Crippen molar-refractivity contribution in [1.29, 1.82) is 0 Å². The monoisotopic (exact) mass is 241 g/mol. The highest BCUT2D eigenvalue weighted by molar-refractivity contribution is 4.87. The Morgan fingerprint density at radius 3 is 2.47 bits per heavy atom. The van der Waals surface area contributed by atoms with Crippen molar-refractivity contribution in [3.8, 4) is 0 Å². The molecule has 1 rings (SSSR count). The van der Waals surface area contributed by atoms with Crippen LogP contribution in [0.4, 0.5) is 0 Å². The van der Waals surface area contributed by atoms with Crippen molar-refractivity contribution in [3.05, 3.63) is 0 Å². The summed E-state index contributed by atoms with van der Waals surface area (Å²) in [5, 5.41) is 3.72. The SMILES string of the molecule is CCCCCCCC(C)NC1CC(OCC)C1. The smallest absolute Gasteiger partial charge is 0.0604 e. The molecule has 0 radical (unpaired) electrons. The van der Waals surface area contributed by atoms with Crippen LogP contribution in [0, 0.1) is 0 Å². The molecule has 1 unspecified atom stereocenters. The van der Waals surface area contributed by atoms with Gasteiger partial charge in [0, 0.05) is 18.7 Å². The molecule has 17 heavy (non-hydrogen) atoms. The minimum Gasteiger partial charge on any atom is -0.378 e. The van der Waals surface area contributed by atoms with Gasteiger partial charge in [-0.1, -0.05) is 39.0 Å². The van der Waals surface area contributed by atoms with Gasteiger partial charge in [-0.25, -0.2) is 0 Å². The summed E-state index contributed by atoms with van der Waals surface area (Å²) in [5.74, 6) is 0. The zero-order chi connectivity index (χ0) is 12.5. The number of nitrogens with one attached hydrogen (secondary N) is 1. The Morgan fingerprint density at radius 2 is 1.82 bits per heavy atom. The molecule has 0 aromatic rings. The van der Waals surface area contributed by atoms with E-state index in [4.69, 9.17) is 4.74 Å². The largest absolute Gasteiger partial charge is 0.378 e. The first-order valence-electron chi connectivity index (χ1n) is 7.63. The summed E-state index contributed by atoms with van der Waals surface area (Å²) >= 11 is 0. The Balaban J connectivity index is 1.90. The lowest BCUT2D eigenvalue weighted by Crippen LogP contribution is -2.48. The topological polar surface area (TPSA) is 21.3 Å². The summed E-state index contributed by atoms with van der Waals surface area (Å²) < 4.78 is 5.58. The van der Waals surface area contributed by atoms with Gasteiger partial charge in [-0.15, -0.1) is 0 Å². The number of unbranched alkanes of at least 4 members (excludes halogenated alkanes) is 4. The zero-order valence-electron chi connectivity index (χ0n) is 12.0. The van der Waals surface area contributed by atoms with Crippen molar-refractivity contribution >= 4 is 0 Å². The van der Waals surface area contributed by atoms with Gasteiger partial charge in [0.1, 0.15) is 0 Å². The zero-order valence-corrected chi connectivity index (χ0v) is 12.0. The fourth-order valence-electron chi connectivity index (χ4n) is 2.61. The van der Waals surface area contributed by atoms with E-state index in [2.05, 4.69) is 26.1 Å². The minimum absolute atomic E-state index is 0.536. The first-order chi connectivity index (χ1) is 8.26. The van der Waals surface area contributed by atoms with Crippen molar-refractivity contribution in [1.82, 2.24) is 5.32 Å². The maximum atomic E-state index is 5.58. The molecule has 1 atom stereocenters. The molecule has 0 aliphatic heterocycles. The molecule has 1 aliphatic rings. The minimum atomic E-state index is 0.536. The molecule has 1 N–H and O–H groups in total. The van der Waals surface area contributed by atoms with Crippen LogP contribution in [0.3, 0.4) is 0 Å². The van der Waals surface area contributed by atoms with Crippen molar-refractivity contribution in [2.75, 3.05) is 6.61 Å². The molecule has 1 saturated carbocycles. The van der Waals surface area contributed by atoms with Crippen LogP contribution in [-0.2, 0) is 4.74 Å². The summed E-state index contributed by atoms with van der Waals surface area (Å²) in [4.78, 5) is 0. The maximum Gasteiger partial charge on any atom is 0.0604 e. The van der Waals surface area contributed by atoms with Crippen molar-refractivity contribution in [2.24, 2.45) is 0 Å². The number of ether oxygens (including phenoxy) is 1. The fraction of sp³-hybridized carbons (Fsp3) is 1.00. The van der Waals surface area contributed by atoms with E-state index in [0.717, 1.165) is 12.6 Å². The third kappa shape index (κ3) is 6.42. The lowest BCUT2D eigenvalue weighted by molar-refractivity contribution is -0.0121. The van der Waals surface area contributed by atoms with E-state index in [9.17, 15) is 0 Å². The van der Waals surface area contributed by atoms with Crippen molar-refractivity contribution < 1.29 is 4.74 Å². The van der Waals surface area contributed by atoms with Gasteiger partial charge in [0.25, 0.3) is 0 Å². The molecule has 0 saturated heterocycles. The van der Waals surface area contributed by atoms with E-state index < -0.39 is 0 Å². The van der Waals surface area contributed by atoms with Crippen molar-refractivity contribution in [2.45, 2.75) is 90.3 Å². The molecular formula is C15H31NO. The van der Waals surface area contributed by atoms with Crippen LogP contribution in [0.25, 0.3) is 0 Å². The van der Waals surface area contributed by atoms with Crippen molar-refractivity contribution in [3.63, 3.8) is 0 Å². The second kappa shape index (κ2) is 8.93. The Hall–Kier alpha value is -0.0800. The standard InChI is InChI=1S/C15H31NO/c1-4-6-7-8-9-10-13(3)16-14-11-15(12-14)17-5-2/h13-16H,4-12H2,1-3H3. The number of hydrogen-bond donors (Lipinski definition) is 1. The molecule has 0 amide bonds. The average molecular weight is 241 g/mol. The highest BCUT2D eigenvalue weighted by atomic mass is 16.5. The first-order valence-corrected chi connectivity index (χ1v) is 7.63. The molecule has 2 heteroatoms. The van der Waals surface area contributed by atoms with Gasteiger partial charge in [0.15, 0.2) is 0 Å². The van der Waals surface area contributed by atoms with Crippen LogP contribution in [0.1, 0.15) is 72.1 Å². The number of rotatable bonds is 10. The first kappa shape index (κ1) is 15.0. The van der Waals surface area contributed by atoms with Gasteiger partial charge in [-0.3, -0.25) is 0 Å². The third-order valence-corrected chi connectivity index (χ3v) is 3.76. The summed E-state index contributed by atoms with van der Waals surface area (Å²) in [6.45, 7) is 7.55.